The summed E-state index contributed by atoms with van der Waals surface area (Å²) >= 11 is 4.84. The topological polar surface area (TPSA) is 40.6 Å². The van der Waals surface area contributed by atoms with Crippen molar-refractivity contribution in [1.82, 2.24) is 9.80 Å². The second kappa shape index (κ2) is 5.40. The van der Waals surface area contributed by atoms with Crippen molar-refractivity contribution in [2.75, 3.05) is 26.7 Å². The molecule has 0 bridgehead atoms. The molecule has 18 heavy (non-hydrogen) atoms. The normalized spacial score (nSPS) is 16.9. The largest absolute Gasteiger partial charge is 0.344 e. The van der Waals surface area contributed by atoms with Crippen LogP contribution in [0, 0.1) is 6.92 Å². The smallest absolute Gasteiger partial charge is 0.264 e. The summed E-state index contributed by atoms with van der Waals surface area (Å²) in [7, 11) is 1.78. The number of carbonyl (C=O) groups is 2. The Hall–Kier alpha value is -0.880. The van der Waals surface area contributed by atoms with Gasteiger partial charge in [-0.2, -0.15) is 0 Å². The molecule has 0 saturated carbocycles. The number of aryl methyl sites for hydroxylation is 1. The molecule has 0 N–H and O–H groups in total. The number of amides is 2. The van der Waals surface area contributed by atoms with E-state index in [1.54, 1.807) is 16.8 Å². The Labute approximate surface area is 119 Å². The van der Waals surface area contributed by atoms with Gasteiger partial charge in [-0.25, -0.2) is 0 Å². The molecule has 0 radical (unpaired) electrons. The fraction of sp³-hybridized carbons (Fsp3) is 0.500. The molecule has 1 aliphatic rings. The molecule has 4 nitrogen and oxygen atoms in total. The minimum atomic E-state index is -0.0440. The summed E-state index contributed by atoms with van der Waals surface area (Å²) in [6.07, 6.45) is 0.833. The highest BCUT2D eigenvalue weighted by Crippen LogP contribution is 2.28. The first-order valence-corrected chi connectivity index (χ1v) is 7.39. The predicted molar refractivity (Wildman–Crippen MR) is 74.9 cm³/mol. The van der Waals surface area contributed by atoms with Gasteiger partial charge in [0.25, 0.3) is 5.91 Å². The Morgan fingerprint density at radius 2 is 2.17 bits per heavy atom. The van der Waals surface area contributed by atoms with Crippen molar-refractivity contribution in [3.05, 3.63) is 20.3 Å². The highest BCUT2D eigenvalue weighted by atomic mass is 79.9. The number of halogens is 1. The highest BCUT2D eigenvalue weighted by Gasteiger charge is 2.24. The lowest BCUT2D eigenvalue weighted by Crippen LogP contribution is -2.37. The van der Waals surface area contributed by atoms with Gasteiger partial charge in [-0.05, 0) is 40.9 Å². The summed E-state index contributed by atoms with van der Waals surface area (Å²) in [5.74, 6) is -0.0364. The fourth-order valence-corrected chi connectivity index (χ4v) is 3.38. The average Bonchev–Trinajstić information content (AvgIpc) is 2.56. The number of likely N-dealkylation sites (N-methyl/N-ethyl adjacent to an activating group) is 1. The molecule has 1 aromatic rings. The Morgan fingerprint density at radius 3 is 2.78 bits per heavy atom. The van der Waals surface area contributed by atoms with Crippen molar-refractivity contribution >= 4 is 39.1 Å². The number of carbonyl (C=O) groups excluding carboxylic acids is 2. The molecular weight excluding hydrogens is 316 g/mol. The lowest BCUT2D eigenvalue weighted by atomic mass is 10.3. The van der Waals surface area contributed by atoms with Gasteiger partial charge in [-0.1, -0.05) is 0 Å². The third-order valence-electron chi connectivity index (χ3n) is 3.03. The Morgan fingerprint density at radius 1 is 1.44 bits per heavy atom. The zero-order valence-corrected chi connectivity index (χ0v) is 12.8. The second-order valence-corrected chi connectivity index (χ2v) is 6.83. The minimum absolute atomic E-state index is 0.00759. The van der Waals surface area contributed by atoms with E-state index in [1.807, 2.05) is 13.0 Å². The Bertz CT molecular complexity index is 467. The van der Waals surface area contributed by atoms with Gasteiger partial charge in [-0.3, -0.25) is 9.59 Å². The lowest BCUT2D eigenvalue weighted by Gasteiger charge is -2.18. The van der Waals surface area contributed by atoms with Crippen molar-refractivity contribution in [3.63, 3.8) is 0 Å². The summed E-state index contributed by atoms with van der Waals surface area (Å²) in [5.41, 5.74) is 1.06. The molecule has 1 aromatic heterocycles. The molecule has 0 aromatic carbocycles. The van der Waals surface area contributed by atoms with Crippen LogP contribution < -0.4 is 0 Å². The van der Waals surface area contributed by atoms with Crippen LogP contribution in [0.15, 0.2) is 9.85 Å². The Kier molecular flexibility index (Phi) is 4.07. The molecule has 0 aliphatic carbocycles. The molecule has 2 amide bonds. The van der Waals surface area contributed by atoms with E-state index in [0.29, 0.717) is 11.4 Å². The van der Waals surface area contributed by atoms with Crippen molar-refractivity contribution in [2.24, 2.45) is 0 Å². The highest BCUT2D eigenvalue weighted by molar-refractivity contribution is 9.11. The number of nitrogens with zero attached hydrogens (tertiary/aromatic N) is 2. The van der Waals surface area contributed by atoms with E-state index in [0.717, 1.165) is 22.3 Å². The van der Waals surface area contributed by atoms with Crippen LogP contribution in [-0.2, 0) is 4.79 Å². The van der Waals surface area contributed by atoms with Gasteiger partial charge in [0.2, 0.25) is 5.91 Å². The van der Waals surface area contributed by atoms with Crippen LogP contribution >= 0.6 is 27.3 Å². The molecule has 1 saturated heterocycles. The quantitative estimate of drug-likeness (QED) is 0.791. The van der Waals surface area contributed by atoms with Crippen molar-refractivity contribution in [1.29, 1.82) is 0 Å². The first-order chi connectivity index (χ1) is 8.49. The Balaban J connectivity index is 2.15. The maximum Gasteiger partial charge on any atom is 0.264 e. The molecule has 6 heteroatoms. The SMILES string of the molecule is Cc1cc(C(=O)N2CCCN(C)C(=O)C2)sc1Br. The van der Waals surface area contributed by atoms with Crippen LogP contribution in [0.1, 0.15) is 21.7 Å². The van der Waals surface area contributed by atoms with Crippen LogP contribution in [0.2, 0.25) is 0 Å². The van der Waals surface area contributed by atoms with Crippen LogP contribution in [-0.4, -0.2) is 48.3 Å². The van der Waals surface area contributed by atoms with Gasteiger partial charge in [0, 0.05) is 20.1 Å². The van der Waals surface area contributed by atoms with Crippen LogP contribution in [0.4, 0.5) is 0 Å². The number of thiophene rings is 1. The molecular formula is C12H15BrN2O2S. The lowest BCUT2D eigenvalue weighted by molar-refractivity contribution is -0.129. The maximum atomic E-state index is 12.3. The molecule has 98 valence electrons. The standard InChI is InChI=1S/C12H15BrN2O2S/c1-8-6-9(18-11(8)13)12(17)15-5-3-4-14(2)10(16)7-15/h6H,3-5,7H2,1-2H3. The molecule has 0 atom stereocenters. The summed E-state index contributed by atoms with van der Waals surface area (Å²) in [4.78, 5) is 28.1. The molecule has 0 unspecified atom stereocenters. The van der Waals surface area contributed by atoms with E-state index in [1.165, 1.54) is 11.3 Å². The van der Waals surface area contributed by atoms with Crippen molar-refractivity contribution < 1.29 is 9.59 Å². The van der Waals surface area contributed by atoms with Crippen LogP contribution in [0.25, 0.3) is 0 Å². The van der Waals surface area contributed by atoms with E-state index in [4.69, 9.17) is 0 Å². The van der Waals surface area contributed by atoms with Gasteiger partial charge in [0.1, 0.15) is 6.54 Å². The molecule has 1 aliphatic heterocycles. The summed E-state index contributed by atoms with van der Waals surface area (Å²) in [6.45, 7) is 3.50. The average molecular weight is 331 g/mol. The first kappa shape index (κ1) is 13.5. The van der Waals surface area contributed by atoms with Gasteiger partial charge in [0.05, 0.1) is 8.66 Å². The molecule has 2 heterocycles. The van der Waals surface area contributed by atoms with E-state index >= 15 is 0 Å². The van der Waals surface area contributed by atoms with Crippen LogP contribution in [0.3, 0.4) is 0 Å². The van der Waals surface area contributed by atoms with Gasteiger partial charge < -0.3 is 9.80 Å². The fourth-order valence-electron chi connectivity index (χ4n) is 1.88. The van der Waals surface area contributed by atoms with Crippen molar-refractivity contribution in [3.8, 4) is 0 Å². The summed E-state index contributed by atoms with van der Waals surface area (Å²) in [6, 6.07) is 1.87. The molecule has 0 spiro atoms. The van der Waals surface area contributed by atoms with Crippen LogP contribution in [0.5, 0.6) is 0 Å². The third kappa shape index (κ3) is 2.75. The predicted octanol–water partition coefficient (Wildman–Crippen LogP) is 2.12. The van der Waals surface area contributed by atoms with E-state index in [-0.39, 0.29) is 18.4 Å². The number of hydrogen-bond acceptors (Lipinski definition) is 3. The third-order valence-corrected chi connectivity index (χ3v) is 5.15. The number of hydrogen-bond donors (Lipinski definition) is 0. The second-order valence-electron chi connectivity index (χ2n) is 4.46. The van der Waals surface area contributed by atoms with E-state index in [9.17, 15) is 9.59 Å². The summed E-state index contributed by atoms with van der Waals surface area (Å²) in [5, 5.41) is 0. The van der Waals surface area contributed by atoms with E-state index in [2.05, 4.69) is 15.9 Å². The zero-order valence-electron chi connectivity index (χ0n) is 10.4. The van der Waals surface area contributed by atoms with Crippen molar-refractivity contribution in [2.45, 2.75) is 13.3 Å². The summed E-state index contributed by atoms with van der Waals surface area (Å²) < 4.78 is 0.976. The van der Waals surface area contributed by atoms with Gasteiger partial charge >= 0.3 is 0 Å². The number of rotatable bonds is 1. The minimum Gasteiger partial charge on any atom is -0.344 e. The van der Waals surface area contributed by atoms with Gasteiger partial charge in [-0.15, -0.1) is 11.3 Å². The van der Waals surface area contributed by atoms with Gasteiger partial charge in [0.15, 0.2) is 0 Å². The monoisotopic (exact) mass is 330 g/mol. The molecule has 2 rings (SSSR count). The first-order valence-electron chi connectivity index (χ1n) is 5.78. The maximum absolute atomic E-state index is 12.3. The van der Waals surface area contributed by atoms with E-state index < -0.39 is 0 Å². The molecule has 1 fully saturated rings. The zero-order chi connectivity index (χ0) is 13.3.